The average molecular weight is 489 g/mol. The van der Waals surface area contributed by atoms with Gasteiger partial charge in [-0.3, -0.25) is 14.4 Å². The van der Waals surface area contributed by atoms with Crippen molar-refractivity contribution in [1.29, 1.82) is 0 Å². The third-order valence-electron chi connectivity index (χ3n) is 5.87. The molecule has 1 aromatic rings. The van der Waals surface area contributed by atoms with E-state index in [0.717, 1.165) is 32.1 Å². The van der Waals surface area contributed by atoms with E-state index in [2.05, 4.69) is 10.6 Å². The van der Waals surface area contributed by atoms with Crippen molar-refractivity contribution in [3.63, 3.8) is 0 Å². The number of rotatable bonds is 11. The van der Waals surface area contributed by atoms with E-state index in [0.29, 0.717) is 5.56 Å². The first-order valence-corrected chi connectivity index (χ1v) is 12.4. The molecule has 0 heterocycles. The van der Waals surface area contributed by atoms with Crippen LogP contribution < -0.4 is 16.4 Å². The molecule has 9 nitrogen and oxygen atoms in total. The number of alkyl carbamates (subject to hydrolysis) is 1. The first-order valence-electron chi connectivity index (χ1n) is 12.4. The normalized spacial score (nSPS) is 16.3. The predicted octanol–water partition coefficient (Wildman–Crippen LogP) is 3.18. The Labute approximate surface area is 208 Å². The summed E-state index contributed by atoms with van der Waals surface area (Å²) in [6, 6.07) is 6.64. The van der Waals surface area contributed by atoms with E-state index in [1.807, 2.05) is 32.0 Å². The molecule has 3 unspecified atom stereocenters. The van der Waals surface area contributed by atoms with E-state index >= 15 is 0 Å². The molecule has 1 aliphatic carbocycles. The summed E-state index contributed by atoms with van der Waals surface area (Å²) in [5, 5.41) is 5.54. The van der Waals surface area contributed by atoms with Gasteiger partial charge in [-0.15, -0.1) is 0 Å². The number of carbonyl (C=O) groups excluding carboxylic acids is 4. The standard InChI is InChI=1S/C26H40N4O5/c1-6-11-17(2)28-23(32)22(18-12-8-7-9-13-18)30(19-14-10-15-19)24(33)20(16-21(27)31)29-25(34)35-26(3,4)5/h7-9,12-13,17,19-20,22H,6,10-11,14-16H2,1-5H3,(H2,27,31)(H,28,32)(H,29,34). The van der Waals surface area contributed by atoms with Crippen molar-refractivity contribution in [2.45, 2.75) is 103 Å². The van der Waals surface area contributed by atoms with Crippen molar-refractivity contribution in [1.82, 2.24) is 15.5 Å². The molecule has 0 saturated heterocycles. The van der Waals surface area contributed by atoms with Crippen LogP contribution in [0.2, 0.25) is 0 Å². The molecular weight excluding hydrogens is 448 g/mol. The van der Waals surface area contributed by atoms with Crippen molar-refractivity contribution in [2.75, 3.05) is 0 Å². The van der Waals surface area contributed by atoms with Gasteiger partial charge in [0.2, 0.25) is 17.7 Å². The number of primary amides is 1. The predicted molar refractivity (Wildman–Crippen MR) is 133 cm³/mol. The first kappa shape index (κ1) is 28.1. The zero-order valence-electron chi connectivity index (χ0n) is 21.5. The van der Waals surface area contributed by atoms with E-state index in [1.54, 1.807) is 32.9 Å². The average Bonchev–Trinajstić information content (AvgIpc) is 2.70. The summed E-state index contributed by atoms with van der Waals surface area (Å²) in [7, 11) is 0. The van der Waals surface area contributed by atoms with Crippen LogP contribution in [-0.4, -0.2) is 52.4 Å². The summed E-state index contributed by atoms with van der Waals surface area (Å²) in [5.74, 6) is -1.58. The lowest BCUT2D eigenvalue weighted by Crippen LogP contribution is -2.58. The number of hydrogen-bond donors (Lipinski definition) is 3. The molecule has 2 rings (SSSR count). The third-order valence-corrected chi connectivity index (χ3v) is 5.87. The highest BCUT2D eigenvalue weighted by molar-refractivity contribution is 5.94. The van der Waals surface area contributed by atoms with Gasteiger partial charge < -0.3 is 26.0 Å². The first-order chi connectivity index (χ1) is 16.4. The van der Waals surface area contributed by atoms with Crippen LogP contribution in [0.3, 0.4) is 0 Å². The van der Waals surface area contributed by atoms with Gasteiger partial charge in [0.05, 0.1) is 6.42 Å². The van der Waals surface area contributed by atoms with Crippen LogP contribution in [-0.2, 0) is 19.1 Å². The van der Waals surface area contributed by atoms with E-state index in [4.69, 9.17) is 10.5 Å². The number of nitrogens with two attached hydrogens (primary N) is 1. The highest BCUT2D eigenvalue weighted by Gasteiger charge is 2.42. The molecule has 3 atom stereocenters. The van der Waals surface area contributed by atoms with Gasteiger partial charge in [-0.25, -0.2) is 4.79 Å². The van der Waals surface area contributed by atoms with Crippen molar-refractivity contribution in [3.05, 3.63) is 35.9 Å². The van der Waals surface area contributed by atoms with Crippen LogP contribution in [0.15, 0.2) is 30.3 Å². The zero-order valence-corrected chi connectivity index (χ0v) is 21.5. The highest BCUT2D eigenvalue weighted by atomic mass is 16.6. The Bertz CT molecular complexity index is 879. The Morgan fingerprint density at radius 1 is 1.11 bits per heavy atom. The molecule has 1 saturated carbocycles. The van der Waals surface area contributed by atoms with E-state index < -0.39 is 42.0 Å². The van der Waals surface area contributed by atoms with Crippen LogP contribution in [0.4, 0.5) is 4.79 Å². The number of amides is 4. The van der Waals surface area contributed by atoms with Gasteiger partial charge in [0, 0.05) is 12.1 Å². The molecule has 1 aliphatic rings. The minimum absolute atomic E-state index is 0.0710. The van der Waals surface area contributed by atoms with E-state index in [9.17, 15) is 19.2 Å². The van der Waals surface area contributed by atoms with Gasteiger partial charge in [0.15, 0.2) is 0 Å². The summed E-state index contributed by atoms with van der Waals surface area (Å²) < 4.78 is 5.30. The monoisotopic (exact) mass is 488 g/mol. The summed E-state index contributed by atoms with van der Waals surface area (Å²) in [6.45, 7) is 9.07. The Hall–Kier alpha value is -3.10. The van der Waals surface area contributed by atoms with Crippen molar-refractivity contribution in [2.24, 2.45) is 5.73 Å². The largest absolute Gasteiger partial charge is 0.444 e. The molecule has 0 bridgehead atoms. The molecule has 1 aromatic carbocycles. The fourth-order valence-corrected chi connectivity index (χ4v) is 4.11. The molecule has 4 amide bonds. The number of ether oxygens (including phenoxy) is 1. The van der Waals surface area contributed by atoms with Gasteiger partial charge in [0.25, 0.3) is 0 Å². The van der Waals surface area contributed by atoms with Gasteiger partial charge >= 0.3 is 6.09 Å². The summed E-state index contributed by atoms with van der Waals surface area (Å²) in [4.78, 5) is 53.3. The molecular formula is C26H40N4O5. The molecule has 35 heavy (non-hydrogen) atoms. The maximum atomic E-state index is 13.9. The lowest BCUT2D eigenvalue weighted by Gasteiger charge is -2.43. The van der Waals surface area contributed by atoms with Gasteiger partial charge in [0.1, 0.15) is 17.7 Å². The quantitative estimate of drug-likeness (QED) is 0.440. The molecule has 0 radical (unpaired) electrons. The Balaban J connectivity index is 2.44. The zero-order chi connectivity index (χ0) is 26.2. The second-order valence-electron chi connectivity index (χ2n) is 10.2. The Kier molecular flexibility index (Phi) is 10.1. The minimum Gasteiger partial charge on any atom is -0.444 e. The lowest BCUT2D eigenvalue weighted by atomic mass is 9.87. The maximum Gasteiger partial charge on any atom is 0.408 e. The molecule has 0 aromatic heterocycles. The van der Waals surface area contributed by atoms with Crippen molar-refractivity contribution >= 4 is 23.8 Å². The molecule has 194 valence electrons. The minimum atomic E-state index is -1.25. The van der Waals surface area contributed by atoms with Gasteiger partial charge in [-0.1, -0.05) is 43.7 Å². The van der Waals surface area contributed by atoms with Crippen LogP contribution in [0.25, 0.3) is 0 Å². The molecule has 0 aliphatic heterocycles. The summed E-state index contributed by atoms with van der Waals surface area (Å²) in [6.07, 6.45) is 2.84. The lowest BCUT2D eigenvalue weighted by molar-refractivity contribution is -0.148. The smallest absolute Gasteiger partial charge is 0.408 e. The van der Waals surface area contributed by atoms with Crippen LogP contribution in [0, 0.1) is 0 Å². The van der Waals surface area contributed by atoms with E-state index in [-0.39, 0.29) is 18.0 Å². The van der Waals surface area contributed by atoms with Crippen LogP contribution in [0.5, 0.6) is 0 Å². The van der Waals surface area contributed by atoms with Crippen molar-refractivity contribution in [3.8, 4) is 0 Å². The maximum absolute atomic E-state index is 13.9. The number of hydrogen-bond acceptors (Lipinski definition) is 5. The van der Waals surface area contributed by atoms with Crippen LogP contribution >= 0.6 is 0 Å². The molecule has 0 spiro atoms. The second kappa shape index (κ2) is 12.6. The highest BCUT2D eigenvalue weighted by Crippen LogP contribution is 2.34. The van der Waals surface area contributed by atoms with E-state index in [1.165, 1.54) is 4.90 Å². The Morgan fingerprint density at radius 2 is 1.74 bits per heavy atom. The number of nitrogens with zero attached hydrogens (tertiary/aromatic N) is 1. The fraction of sp³-hybridized carbons (Fsp3) is 0.615. The van der Waals surface area contributed by atoms with Gasteiger partial charge in [-0.2, -0.15) is 0 Å². The third kappa shape index (κ3) is 8.56. The van der Waals surface area contributed by atoms with Gasteiger partial charge in [-0.05, 0) is 58.9 Å². The topological polar surface area (TPSA) is 131 Å². The van der Waals surface area contributed by atoms with Crippen molar-refractivity contribution < 1.29 is 23.9 Å². The molecule has 9 heteroatoms. The number of benzene rings is 1. The second-order valence-corrected chi connectivity index (χ2v) is 10.2. The molecule has 4 N–H and O–H groups in total. The Morgan fingerprint density at radius 3 is 2.23 bits per heavy atom. The van der Waals surface area contributed by atoms with Crippen LogP contribution in [0.1, 0.15) is 84.7 Å². The number of carbonyl (C=O) groups is 4. The number of nitrogens with one attached hydrogen (secondary N) is 2. The SMILES string of the molecule is CCCC(C)NC(=O)C(c1ccccc1)N(C(=O)C(CC(N)=O)NC(=O)OC(C)(C)C)C1CCC1. The summed E-state index contributed by atoms with van der Waals surface area (Å²) in [5.41, 5.74) is 5.29. The summed E-state index contributed by atoms with van der Waals surface area (Å²) >= 11 is 0. The molecule has 1 fully saturated rings. The fourth-order valence-electron chi connectivity index (χ4n) is 4.11.